The molecular weight excluding hydrogens is 166 g/mol. The quantitative estimate of drug-likeness (QED) is 0.656. The Balaban J connectivity index is 2.47. The van der Waals surface area contributed by atoms with Crippen molar-refractivity contribution in [1.29, 1.82) is 5.26 Å². The zero-order valence-electron chi connectivity index (χ0n) is 7.86. The Kier molecular flexibility index (Phi) is 3.26. The fourth-order valence-electron chi connectivity index (χ4n) is 1.47. The van der Waals surface area contributed by atoms with Crippen LogP contribution in [0.4, 0.5) is 0 Å². The minimum absolute atomic E-state index is 0.00741. The number of amides is 1. The predicted molar refractivity (Wildman–Crippen MR) is 48.6 cm³/mol. The van der Waals surface area contributed by atoms with Crippen LogP contribution in [0.25, 0.3) is 0 Å². The van der Waals surface area contributed by atoms with E-state index >= 15 is 0 Å². The second-order valence-corrected chi connectivity index (χ2v) is 3.41. The number of rotatable bonds is 2. The zero-order valence-corrected chi connectivity index (χ0v) is 7.86. The molecule has 13 heavy (non-hydrogen) atoms. The van der Waals surface area contributed by atoms with Gasteiger partial charge in [0, 0.05) is 13.1 Å². The Labute approximate surface area is 78.3 Å². The van der Waals surface area contributed by atoms with Gasteiger partial charge in [0.15, 0.2) is 0 Å². The van der Waals surface area contributed by atoms with Crippen LogP contribution in [0, 0.1) is 17.2 Å². The van der Waals surface area contributed by atoms with E-state index < -0.39 is 6.04 Å². The summed E-state index contributed by atoms with van der Waals surface area (Å²) in [6.07, 6.45) is 1.45. The molecule has 4 heteroatoms. The fourth-order valence-corrected chi connectivity index (χ4v) is 1.47. The van der Waals surface area contributed by atoms with Crippen LogP contribution in [0.15, 0.2) is 0 Å². The minimum Gasteiger partial charge on any atom is -0.340 e. The molecule has 1 fully saturated rings. The molecule has 0 saturated carbocycles. The second-order valence-electron chi connectivity index (χ2n) is 3.41. The summed E-state index contributed by atoms with van der Waals surface area (Å²) < 4.78 is 0. The number of nitrogens with zero attached hydrogens (tertiary/aromatic N) is 2. The van der Waals surface area contributed by atoms with Gasteiger partial charge in [-0.15, -0.1) is 0 Å². The van der Waals surface area contributed by atoms with Crippen LogP contribution in [0.2, 0.25) is 0 Å². The molecule has 1 saturated heterocycles. The topological polar surface area (TPSA) is 70.1 Å². The van der Waals surface area contributed by atoms with Crippen LogP contribution in [0.1, 0.15) is 19.8 Å². The summed E-state index contributed by atoms with van der Waals surface area (Å²) in [5.74, 6) is -0.00624. The molecular formula is C9H15N3O. The van der Waals surface area contributed by atoms with Crippen molar-refractivity contribution in [3.05, 3.63) is 0 Å². The highest BCUT2D eigenvalue weighted by atomic mass is 16.2. The number of carbonyl (C=O) groups excluding carboxylic acids is 1. The summed E-state index contributed by atoms with van der Waals surface area (Å²) in [6, 6.07) is 1.78. The van der Waals surface area contributed by atoms with E-state index in [1.807, 2.05) is 6.92 Å². The smallest absolute Gasteiger partial charge is 0.239 e. The molecule has 1 rings (SSSR count). The Morgan fingerprint density at radius 3 is 3.00 bits per heavy atom. The molecule has 1 aliphatic rings. The van der Waals surface area contributed by atoms with E-state index in [0.29, 0.717) is 19.5 Å². The van der Waals surface area contributed by atoms with Crippen molar-refractivity contribution in [2.45, 2.75) is 25.8 Å². The van der Waals surface area contributed by atoms with Gasteiger partial charge in [-0.2, -0.15) is 5.26 Å². The molecule has 0 aromatic carbocycles. The van der Waals surface area contributed by atoms with Gasteiger partial charge in [-0.25, -0.2) is 0 Å². The number of hydrogen-bond donors (Lipinski definition) is 1. The fraction of sp³-hybridized carbons (Fsp3) is 0.778. The van der Waals surface area contributed by atoms with Crippen molar-refractivity contribution in [3.8, 4) is 6.07 Å². The minimum atomic E-state index is -0.391. The monoisotopic (exact) mass is 181 g/mol. The van der Waals surface area contributed by atoms with Crippen molar-refractivity contribution >= 4 is 5.91 Å². The van der Waals surface area contributed by atoms with E-state index in [1.54, 1.807) is 4.90 Å². The molecule has 1 amide bonds. The van der Waals surface area contributed by atoms with Crippen LogP contribution in [0.5, 0.6) is 0 Å². The lowest BCUT2D eigenvalue weighted by molar-refractivity contribution is -0.131. The van der Waals surface area contributed by atoms with Gasteiger partial charge >= 0.3 is 0 Å². The largest absolute Gasteiger partial charge is 0.340 e. The average Bonchev–Trinajstić information content (AvgIpc) is 2.63. The third kappa shape index (κ3) is 2.19. The van der Waals surface area contributed by atoms with E-state index in [-0.39, 0.29) is 11.8 Å². The van der Waals surface area contributed by atoms with Gasteiger partial charge in [0.2, 0.25) is 5.91 Å². The molecule has 2 N–H and O–H groups in total. The Bertz CT molecular complexity index is 234. The molecule has 0 bridgehead atoms. The maximum absolute atomic E-state index is 11.5. The first-order chi connectivity index (χ1) is 6.19. The molecule has 1 heterocycles. The van der Waals surface area contributed by atoms with Crippen molar-refractivity contribution in [2.75, 3.05) is 13.1 Å². The summed E-state index contributed by atoms with van der Waals surface area (Å²) >= 11 is 0. The summed E-state index contributed by atoms with van der Waals surface area (Å²) in [5, 5.41) is 8.64. The molecule has 72 valence electrons. The van der Waals surface area contributed by atoms with Crippen LogP contribution >= 0.6 is 0 Å². The Morgan fingerprint density at radius 1 is 1.85 bits per heavy atom. The van der Waals surface area contributed by atoms with Crippen LogP contribution < -0.4 is 5.73 Å². The first kappa shape index (κ1) is 10.0. The van der Waals surface area contributed by atoms with Gasteiger partial charge in [-0.05, 0) is 12.8 Å². The van der Waals surface area contributed by atoms with E-state index in [9.17, 15) is 4.79 Å². The Hall–Kier alpha value is -1.08. The lowest BCUT2D eigenvalue weighted by Gasteiger charge is -2.18. The molecule has 0 aliphatic carbocycles. The maximum atomic E-state index is 11.5. The number of likely N-dealkylation sites (tertiary alicyclic amines) is 1. The third-order valence-corrected chi connectivity index (χ3v) is 2.44. The standard InChI is InChI=1S/C9H15N3O/c1-2-8(11)9(13)12-4-3-7(5-10)6-12/h7-8H,2-4,6,11H2,1H3/t7?,8-/m0/s1. The van der Waals surface area contributed by atoms with Crippen molar-refractivity contribution in [2.24, 2.45) is 11.7 Å². The molecule has 0 spiro atoms. The van der Waals surface area contributed by atoms with Crippen molar-refractivity contribution < 1.29 is 4.79 Å². The van der Waals surface area contributed by atoms with Crippen molar-refractivity contribution in [3.63, 3.8) is 0 Å². The number of nitrogens with two attached hydrogens (primary N) is 1. The van der Waals surface area contributed by atoms with Gasteiger partial charge in [0.25, 0.3) is 0 Å². The SMILES string of the molecule is CC[C@H](N)C(=O)N1CCC(C#N)C1. The van der Waals surface area contributed by atoms with E-state index in [4.69, 9.17) is 11.0 Å². The summed E-state index contributed by atoms with van der Waals surface area (Å²) in [5.41, 5.74) is 5.61. The molecule has 0 aromatic heterocycles. The summed E-state index contributed by atoms with van der Waals surface area (Å²) in [7, 11) is 0. The molecule has 0 radical (unpaired) electrons. The molecule has 0 aromatic rings. The summed E-state index contributed by atoms with van der Waals surface area (Å²) in [4.78, 5) is 13.2. The normalized spacial score (nSPS) is 24.1. The molecule has 1 unspecified atom stereocenters. The predicted octanol–water partition coefficient (Wildman–Crippen LogP) is 0.0958. The molecule has 4 nitrogen and oxygen atoms in total. The molecule has 2 atom stereocenters. The molecule has 1 aliphatic heterocycles. The van der Waals surface area contributed by atoms with Crippen molar-refractivity contribution in [1.82, 2.24) is 4.90 Å². The van der Waals surface area contributed by atoms with Gasteiger partial charge in [0.1, 0.15) is 0 Å². The Morgan fingerprint density at radius 2 is 2.54 bits per heavy atom. The lowest BCUT2D eigenvalue weighted by Crippen LogP contribution is -2.42. The maximum Gasteiger partial charge on any atom is 0.239 e. The third-order valence-electron chi connectivity index (χ3n) is 2.44. The first-order valence-electron chi connectivity index (χ1n) is 4.63. The van der Waals surface area contributed by atoms with E-state index in [0.717, 1.165) is 6.42 Å². The number of hydrogen-bond acceptors (Lipinski definition) is 3. The summed E-state index contributed by atoms with van der Waals surface area (Å²) in [6.45, 7) is 3.13. The van der Waals surface area contributed by atoms with Gasteiger partial charge in [-0.1, -0.05) is 6.92 Å². The zero-order chi connectivity index (χ0) is 9.84. The highest BCUT2D eigenvalue weighted by molar-refractivity contribution is 5.81. The highest BCUT2D eigenvalue weighted by Crippen LogP contribution is 2.15. The number of nitriles is 1. The first-order valence-corrected chi connectivity index (χ1v) is 4.63. The second kappa shape index (κ2) is 4.24. The van der Waals surface area contributed by atoms with Gasteiger partial charge < -0.3 is 10.6 Å². The van der Waals surface area contributed by atoms with Crippen LogP contribution in [-0.2, 0) is 4.79 Å². The lowest BCUT2D eigenvalue weighted by atomic mass is 10.1. The van der Waals surface area contributed by atoms with E-state index in [2.05, 4.69) is 6.07 Å². The van der Waals surface area contributed by atoms with Gasteiger partial charge in [0.05, 0.1) is 18.0 Å². The average molecular weight is 181 g/mol. The van der Waals surface area contributed by atoms with Crippen LogP contribution in [-0.4, -0.2) is 29.9 Å². The van der Waals surface area contributed by atoms with Crippen LogP contribution in [0.3, 0.4) is 0 Å². The van der Waals surface area contributed by atoms with E-state index in [1.165, 1.54) is 0 Å². The number of carbonyl (C=O) groups is 1. The van der Waals surface area contributed by atoms with Gasteiger partial charge in [-0.3, -0.25) is 4.79 Å². The highest BCUT2D eigenvalue weighted by Gasteiger charge is 2.28.